The molecule has 1 unspecified atom stereocenters. The number of benzene rings is 2. The van der Waals surface area contributed by atoms with E-state index in [1.54, 1.807) is 38.6 Å². The molecule has 5 rings (SSSR count). The number of carbonyl (C=O) groups excluding carboxylic acids is 1. The molecule has 1 atom stereocenters. The topological polar surface area (TPSA) is 141 Å². The Morgan fingerprint density at radius 2 is 1.77 bits per heavy atom. The number of methoxy groups -OCH3 is 1. The van der Waals surface area contributed by atoms with Gasteiger partial charge in [-0.05, 0) is 42.3 Å². The maximum absolute atomic E-state index is 12.1. The van der Waals surface area contributed by atoms with E-state index in [4.69, 9.17) is 10.5 Å². The summed E-state index contributed by atoms with van der Waals surface area (Å²) in [6.45, 7) is 5.34. The van der Waals surface area contributed by atoms with E-state index in [9.17, 15) is 9.90 Å². The first-order chi connectivity index (χ1) is 18.8. The maximum Gasteiger partial charge on any atom is 0.250 e. The number of carbonyl (C=O) groups is 1. The van der Waals surface area contributed by atoms with Gasteiger partial charge in [0.15, 0.2) is 5.82 Å². The highest BCUT2D eigenvalue weighted by Gasteiger charge is 2.24. The van der Waals surface area contributed by atoms with E-state index >= 15 is 0 Å². The number of fused-ring (bicyclic) bond motifs is 1. The average molecular weight is 522 g/mol. The molecular formula is C29H27N7O3. The van der Waals surface area contributed by atoms with E-state index in [1.807, 2.05) is 48.0 Å². The van der Waals surface area contributed by atoms with Gasteiger partial charge in [-0.2, -0.15) is 0 Å². The Hall–Kier alpha value is -5.09. The molecule has 0 radical (unpaired) electrons. The Labute approximate surface area is 224 Å². The van der Waals surface area contributed by atoms with Crippen LogP contribution in [0, 0.1) is 0 Å². The summed E-state index contributed by atoms with van der Waals surface area (Å²) in [4.78, 5) is 29.1. The number of nitrogens with two attached hydrogens (primary N) is 1. The number of nitrogen functional groups attached to an aromatic ring is 1. The van der Waals surface area contributed by atoms with Crippen molar-refractivity contribution in [3.05, 3.63) is 90.8 Å². The fraction of sp³-hybridized carbons (Fsp3) is 0.138. The van der Waals surface area contributed by atoms with Gasteiger partial charge in [0.2, 0.25) is 0 Å². The molecule has 196 valence electrons. The highest BCUT2D eigenvalue weighted by molar-refractivity contribution is 6.08. The fourth-order valence-corrected chi connectivity index (χ4v) is 4.53. The van der Waals surface area contributed by atoms with E-state index in [2.05, 4.69) is 31.8 Å². The van der Waals surface area contributed by atoms with E-state index in [-0.39, 0.29) is 11.7 Å². The van der Waals surface area contributed by atoms with Gasteiger partial charge in [-0.25, -0.2) is 19.9 Å². The maximum atomic E-state index is 12.1. The molecule has 4 N–H and O–H groups in total. The van der Waals surface area contributed by atoms with Gasteiger partial charge >= 0.3 is 0 Å². The Morgan fingerprint density at radius 3 is 2.44 bits per heavy atom. The van der Waals surface area contributed by atoms with Gasteiger partial charge in [0.1, 0.15) is 29.6 Å². The number of anilines is 2. The molecule has 3 aromatic heterocycles. The van der Waals surface area contributed by atoms with Crippen molar-refractivity contribution >= 4 is 28.4 Å². The molecule has 0 bridgehead atoms. The number of ether oxygens (including phenoxy) is 1. The smallest absolute Gasteiger partial charge is 0.250 e. The highest BCUT2D eigenvalue weighted by Crippen LogP contribution is 2.43. The molecule has 3 heterocycles. The summed E-state index contributed by atoms with van der Waals surface area (Å²) in [7, 11) is 3.45. The molecule has 0 saturated carbocycles. The number of rotatable bonds is 7. The standard InChI is InChI=1S/C29H27N7O3/c1-16(2)29(38)35-19-9-6-17(7-10-19)24-22(23-26(30)33-15-34-28(23)36(24)3)18-8-11-20(21(14-18)39-4)25(37)27-31-12-5-13-32-27/h5-15,25,37H,1H2,2-4H3,(H,35,38)(H2,30,33,34). The molecule has 0 fully saturated rings. The zero-order chi connectivity index (χ0) is 27.7. The van der Waals surface area contributed by atoms with Crippen molar-refractivity contribution in [3.8, 4) is 28.1 Å². The number of aryl methyl sites for hydroxylation is 1. The lowest BCUT2D eigenvalue weighted by molar-refractivity contribution is -0.112. The van der Waals surface area contributed by atoms with E-state index in [0.717, 1.165) is 22.4 Å². The number of nitrogens with zero attached hydrogens (tertiary/aromatic N) is 5. The van der Waals surface area contributed by atoms with Crippen molar-refractivity contribution < 1.29 is 14.6 Å². The minimum atomic E-state index is -1.07. The summed E-state index contributed by atoms with van der Waals surface area (Å²) in [6, 6.07) is 14.7. The van der Waals surface area contributed by atoms with Crippen LogP contribution in [0.2, 0.25) is 0 Å². The summed E-state index contributed by atoms with van der Waals surface area (Å²) < 4.78 is 7.64. The van der Waals surface area contributed by atoms with Gasteiger partial charge in [0.05, 0.1) is 18.2 Å². The predicted octanol–water partition coefficient (Wildman–Crippen LogP) is 4.28. The minimum Gasteiger partial charge on any atom is -0.496 e. The number of hydrogen-bond acceptors (Lipinski definition) is 8. The summed E-state index contributed by atoms with van der Waals surface area (Å²) >= 11 is 0. The normalized spacial score (nSPS) is 11.8. The molecule has 0 saturated heterocycles. The molecule has 0 aliphatic carbocycles. The lowest BCUT2D eigenvalue weighted by Crippen LogP contribution is -2.11. The lowest BCUT2D eigenvalue weighted by Gasteiger charge is -2.16. The molecule has 0 aliphatic rings. The van der Waals surface area contributed by atoms with Gasteiger partial charge in [-0.1, -0.05) is 30.8 Å². The highest BCUT2D eigenvalue weighted by atomic mass is 16.5. The number of aromatic nitrogens is 5. The van der Waals surface area contributed by atoms with Gasteiger partial charge in [-0.3, -0.25) is 4.79 Å². The van der Waals surface area contributed by atoms with Crippen molar-refractivity contribution in [1.29, 1.82) is 0 Å². The Bertz CT molecular complexity index is 1700. The van der Waals surface area contributed by atoms with Crippen LogP contribution in [0.25, 0.3) is 33.4 Å². The quantitative estimate of drug-likeness (QED) is 0.270. The van der Waals surface area contributed by atoms with Crippen LogP contribution in [0.1, 0.15) is 24.4 Å². The molecule has 5 aromatic rings. The molecule has 0 spiro atoms. The number of nitrogens with one attached hydrogen (secondary N) is 1. The first-order valence-corrected chi connectivity index (χ1v) is 12.1. The third-order valence-electron chi connectivity index (χ3n) is 6.45. The number of hydrogen-bond donors (Lipinski definition) is 3. The van der Waals surface area contributed by atoms with Crippen LogP contribution >= 0.6 is 0 Å². The van der Waals surface area contributed by atoms with Crippen molar-refractivity contribution in [2.45, 2.75) is 13.0 Å². The van der Waals surface area contributed by atoms with Crippen LogP contribution in [-0.4, -0.2) is 42.6 Å². The summed E-state index contributed by atoms with van der Waals surface area (Å²) in [6.07, 6.45) is 3.51. The summed E-state index contributed by atoms with van der Waals surface area (Å²) in [5.41, 5.74) is 11.9. The molecular weight excluding hydrogens is 494 g/mol. The second-order valence-electron chi connectivity index (χ2n) is 9.02. The molecule has 2 aromatic carbocycles. The second kappa shape index (κ2) is 10.3. The zero-order valence-corrected chi connectivity index (χ0v) is 21.7. The molecule has 0 aliphatic heterocycles. The van der Waals surface area contributed by atoms with E-state index in [0.29, 0.717) is 39.4 Å². The largest absolute Gasteiger partial charge is 0.496 e. The van der Waals surface area contributed by atoms with Crippen LogP contribution in [-0.2, 0) is 11.8 Å². The Kier molecular flexibility index (Phi) is 6.78. The van der Waals surface area contributed by atoms with Gasteiger partial charge < -0.3 is 25.5 Å². The number of aliphatic hydroxyl groups excluding tert-OH is 1. The lowest BCUT2D eigenvalue weighted by atomic mass is 9.96. The van der Waals surface area contributed by atoms with Crippen LogP contribution in [0.4, 0.5) is 11.5 Å². The van der Waals surface area contributed by atoms with Crippen molar-refractivity contribution in [2.75, 3.05) is 18.2 Å². The Balaban J connectivity index is 1.66. The fourth-order valence-electron chi connectivity index (χ4n) is 4.53. The van der Waals surface area contributed by atoms with Crippen molar-refractivity contribution in [1.82, 2.24) is 24.5 Å². The van der Waals surface area contributed by atoms with E-state index in [1.165, 1.54) is 6.33 Å². The monoisotopic (exact) mass is 521 g/mol. The van der Waals surface area contributed by atoms with Crippen LogP contribution < -0.4 is 15.8 Å². The second-order valence-corrected chi connectivity index (χ2v) is 9.02. The van der Waals surface area contributed by atoms with Crippen molar-refractivity contribution in [3.63, 3.8) is 0 Å². The average Bonchev–Trinajstić information content (AvgIpc) is 3.26. The van der Waals surface area contributed by atoms with E-state index < -0.39 is 6.10 Å². The number of aliphatic hydroxyl groups is 1. The first kappa shape index (κ1) is 25.6. The summed E-state index contributed by atoms with van der Waals surface area (Å²) in [5, 5.41) is 14.5. The summed E-state index contributed by atoms with van der Waals surface area (Å²) in [5.74, 6) is 0.823. The van der Waals surface area contributed by atoms with Gasteiger partial charge in [-0.15, -0.1) is 0 Å². The Morgan fingerprint density at radius 1 is 1.08 bits per heavy atom. The van der Waals surface area contributed by atoms with Crippen LogP contribution in [0.15, 0.2) is 79.4 Å². The third-order valence-corrected chi connectivity index (χ3v) is 6.45. The molecule has 10 nitrogen and oxygen atoms in total. The zero-order valence-electron chi connectivity index (χ0n) is 21.7. The predicted molar refractivity (Wildman–Crippen MR) is 150 cm³/mol. The minimum absolute atomic E-state index is 0.244. The SMILES string of the molecule is C=C(C)C(=O)Nc1ccc(-c2c(-c3ccc(C(O)c4ncccn4)c(OC)c3)c3c(N)ncnc3n2C)cc1. The third kappa shape index (κ3) is 4.69. The molecule has 39 heavy (non-hydrogen) atoms. The van der Waals surface area contributed by atoms with Gasteiger partial charge in [0.25, 0.3) is 5.91 Å². The number of amides is 1. The first-order valence-electron chi connectivity index (χ1n) is 12.1. The van der Waals surface area contributed by atoms with Crippen molar-refractivity contribution in [2.24, 2.45) is 7.05 Å². The van der Waals surface area contributed by atoms with Gasteiger partial charge in [0, 0.05) is 41.8 Å². The van der Waals surface area contributed by atoms with Crippen LogP contribution in [0.5, 0.6) is 5.75 Å². The molecule has 10 heteroatoms. The molecule has 1 amide bonds. The van der Waals surface area contributed by atoms with Crippen LogP contribution in [0.3, 0.4) is 0 Å².